The minimum atomic E-state index is -4.61. The van der Waals surface area contributed by atoms with Crippen molar-refractivity contribution in [2.45, 2.75) is 6.18 Å². The summed E-state index contributed by atoms with van der Waals surface area (Å²) in [5.74, 6) is 0. The van der Waals surface area contributed by atoms with Crippen molar-refractivity contribution >= 4 is 51.4 Å². The number of pyridine rings is 1. The Morgan fingerprint density at radius 2 is 1.67 bits per heavy atom. The molecule has 2 aromatic rings. The lowest BCUT2D eigenvalue weighted by Gasteiger charge is -2.11. The van der Waals surface area contributed by atoms with Gasteiger partial charge in [0.15, 0.2) is 0 Å². The SMILES string of the molecule is Nc1cc(C(F)(F)F)nc2c(Cl)cc(Cl)c(Cl)c12. The summed E-state index contributed by atoms with van der Waals surface area (Å²) in [7, 11) is 0. The van der Waals surface area contributed by atoms with Crippen LogP contribution in [0, 0.1) is 0 Å². The summed E-state index contributed by atoms with van der Waals surface area (Å²) in [5, 5.41) is 0.191. The van der Waals surface area contributed by atoms with Crippen LogP contribution in [0.5, 0.6) is 0 Å². The van der Waals surface area contributed by atoms with Crippen molar-refractivity contribution in [3.8, 4) is 0 Å². The molecule has 0 bridgehead atoms. The first-order chi connectivity index (χ1) is 8.21. The molecule has 0 atom stereocenters. The van der Waals surface area contributed by atoms with Gasteiger partial charge in [0.1, 0.15) is 5.69 Å². The van der Waals surface area contributed by atoms with Gasteiger partial charge in [-0.3, -0.25) is 0 Å². The molecule has 2 rings (SSSR count). The number of benzene rings is 1. The molecular weight excluding hydrogens is 311 g/mol. The van der Waals surface area contributed by atoms with E-state index in [1.54, 1.807) is 0 Å². The molecule has 1 aromatic carbocycles. The largest absolute Gasteiger partial charge is 0.433 e. The summed E-state index contributed by atoms with van der Waals surface area (Å²) < 4.78 is 37.8. The molecule has 0 saturated heterocycles. The Labute approximate surface area is 114 Å². The van der Waals surface area contributed by atoms with E-state index in [1.807, 2.05) is 0 Å². The van der Waals surface area contributed by atoms with E-state index < -0.39 is 11.9 Å². The lowest BCUT2D eigenvalue weighted by Crippen LogP contribution is -2.09. The Balaban J connectivity index is 2.91. The van der Waals surface area contributed by atoms with Crippen LogP contribution in [-0.4, -0.2) is 4.98 Å². The Kier molecular flexibility index (Phi) is 3.25. The van der Waals surface area contributed by atoms with Gasteiger partial charge in [0.2, 0.25) is 0 Å². The molecular formula is C10H4Cl3F3N2. The fourth-order valence-electron chi connectivity index (χ4n) is 1.48. The molecule has 0 amide bonds. The van der Waals surface area contributed by atoms with Crippen molar-refractivity contribution < 1.29 is 13.2 Å². The highest BCUT2D eigenvalue weighted by molar-refractivity contribution is 6.48. The number of nitrogen functional groups attached to an aromatic ring is 1. The molecule has 0 saturated carbocycles. The fraction of sp³-hybridized carbons (Fsp3) is 0.100. The number of rotatable bonds is 0. The lowest BCUT2D eigenvalue weighted by molar-refractivity contribution is -0.140. The van der Waals surface area contributed by atoms with Gasteiger partial charge in [-0.25, -0.2) is 4.98 Å². The molecule has 1 aromatic heterocycles. The topological polar surface area (TPSA) is 38.9 Å². The summed E-state index contributed by atoms with van der Waals surface area (Å²) in [6.45, 7) is 0. The number of hydrogen-bond donors (Lipinski definition) is 1. The van der Waals surface area contributed by atoms with Gasteiger partial charge in [-0.1, -0.05) is 34.8 Å². The Morgan fingerprint density at radius 3 is 2.22 bits per heavy atom. The zero-order valence-electron chi connectivity index (χ0n) is 8.45. The van der Waals surface area contributed by atoms with Gasteiger partial charge in [0.25, 0.3) is 0 Å². The molecule has 2 nitrogen and oxygen atoms in total. The number of anilines is 1. The maximum absolute atomic E-state index is 12.6. The average molecular weight is 316 g/mol. The molecule has 18 heavy (non-hydrogen) atoms. The number of nitrogens with zero attached hydrogens (tertiary/aromatic N) is 1. The van der Waals surface area contributed by atoms with Crippen LogP contribution in [0.25, 0.3) is 10.9 Å². The molecule has 0 spiro atoms. The molecule has 0 aliphatic rings. The molecule has 0 aliphatic carbocycles. The van der Waals surface area contributed by atoms with E-state index >= 15 is 0 Å². The highest BCUT2D eigenvalue weighted by Crippen LogP contribution is 2.40. The number of nitrogens with two attached hydrogens (primary N) is 1. The molecule has 0 fully saturated rings. The molecule has 8 heteroatoms. The van der Waals surface area contributed by atoms with Gasteiger partial charge in [-0.15, -0.1) is 0 Å². The Bertz CT molecular complexity index is 641. The van der Waals surface area contributed by atoms with Crippen molar-refractivity contribution in [2.75, 3.05) is 5.73 Å². The van der Waals surface area contributed by atoms with Crippen LogP contribution in [0.2, 0.25) is 15.1 Å². The second-order valence-electron chi connectivity index (χ2n) is 3.47. The third-order valence-corrected chi connectivity index (χ3v) is 3.32. The van der Waals surface area contributed by atoms with E-state index in [-0.39, 0.29) is 31.7 Å². The van der Waals surface area contributed by atoms with Gasteiger partial charge in [0, 0.05) is 11.1 Å². The maximum atomic E-state index is 12.6. The third-order valence-electron chi connectivity index (χ3n) is 2.25. The number of alkyl halides is 3. The standard InChI is InChI=1S/C10H4Cl3F3N2/c11-3-1-4(12)9-7(8(3)13)5(17)2-6(18-9)10(14,15)16/h1-2H,(H2,17,18). The minimum absolute atomic E-state index is 0.0230. The van der Waals surface area contributed by atoms with Crippen molar-refractivity contribution in [1.29, 1.82) is 0 Å². The van der Waals surface area contributed by atoms with E-state index in [0.717, 1.165) is 0 Å². The first kappa shape index (κ1) is 13.5. The van der Waals surface area contributed by atoms with Crippen LogP contribution in [-0.2, 0) is 6.18 Å². The second-order valence-corrected chi connectivity index (χ2v) is 4.66. The van der Waals surface area contributed by atoms with E-state index in [0.29, 0.717) is 6.07 Å². The van der Waals surface area contributed by atoms with Crippen LogP contribution < -0.4 is 5.73 Å². The predicted octanol–water partition coefficient (Wildman–Crippen LogP) is 4.80. The van der Waals surface area contributed by atoms with Crippen molar-refractivity contribution in [2.24, 2.45) is 0 Å². The third kappa shape index (κ3) is 2.18. The van der Waals surface area contributed by atoms with E-state index in [1.165, 1.54) is 6.07 Å². The molecule has 96 valence electrons. The number of aromatic nitrogens is 1. The Hall–Kier alpha value is -0.910. The number of hydrogen-bond acceptors (Lipinski definition) is 2. The summed E-state index contributed by atoms with van der Waals surface area (Å²) in [6, 6.07) is 1.92. The van der Waals surface area contributed by atoms with Crippen molar-refractivity contribution in [3.63, 3.8) is 0 Å². The van der Waals surface area contributed by atoms with E-state index in [9.17, 15) is 13.2 Å². The average Bonchev–Trinajstić information content (AvgIpc) is 2.24. The zero-order chi connectivity index (χ0) is 13.7. The normalized spacial score (nSPS) is 12.1. The van der Waals surface area contributed by atoms with Crippen LogP contribution in [0.15, 0.2) is 12.1 Å². The lowest BCUT2D eigenvalue weighted by atomic mass is 10.1. The molecule has 2 N–H and O–H groups in total. The maximum Gasteiger partial charge on any atom is 0.433 e. The van der Waals surface area contributed by atoms with Crippen LogP contribution in [0.3, 0.4) is 0 Å². The van der Waals surface area contributed by atoms with E-state index in [2.05, 4.69) is 4.98 Å². The molecule has 1 heterocycles. The first-order valence-corrected chi connectivity index (χ1v) is 5.66. The van der Waals surface area contributed by atoms with Crippen LogP contribution >= 0.6 is 34.8 Å². The molecule has 0 aliphatic heterocycles. The molecule has 0 unspecified atom stereocenters. The van der Waals surface area contributed by atoms with Gasteiger partial charge >= 0.3 is 6.18 Å². The highest BCUT2D eigenvalue weighted by atomic mass is 35.5. The minimum Gasteiger partial charge on any atom is -0.398 e. The summed E-state index contributed by atoms with van der Waals surface area (Å²) in [6.07, 6.45) is -4.61. The van der Waals surface area contributed by atoms with Gasteiger partial charge in [-0.2, -0.15) is 13.2 Å². The molecule has 0 radical (unpaired) electrons. The Morgan fingerprint density at radius 1 is 1.06 bits per heavy atom. The zero-order valence-corrected chi connectivity index (χ0v) is 10.7. The van der Waals surface area contributed by atoms with E-state index in [4.69, 9.17) is 40.5 Å². The van der Waals surface area contributed by atoms with Crippen molar-refractivity contribution in [1.82, 2.24) is 4.98 Å². The summed E-state index contributed by atoms with van der Waals surface area (Å²) >= 11 is 17.5. The van der Waals surface area contributed by atoms with Crippen LogP contribution in [0.1, 0.15) is 5.69 Å². The quantitative estimate of drug-likeness (QED) is 0.709. The van der Waals surface area contributed by atoms with Crippen LogP contribution in [0.4, 0.5) is 18.9 Å². The second kappa shape index (κ2) is 4.33. The van der Waals surface area contributed by atoms with Gasteiger partial charge in [-0.05, 0) is 12.1 Å². The smallest absolute Gasteiger partial charge is 0.398 e. The number of fused-ring (bicyclic) bond motifs is 1. The summed E-state index contributed by atoms with van der Waals surface area (Å²) in [5.41, 5.74) is 4.11. The van der Waals surface area contributed by atoms with Crippen molar-refractivity contribution in [3.05, 3.63) is 32.9 Å². The first-order valence-electron chi connectivity index (χ1n) is 4.52. The van der Waals surface area contributed by atoms with Gasteiger partial charge in [0.05, 0.1) is 20.6 Å². The predicted molar refractivity (Wildman–Crippen MR) is 66.2 cm³/mol. The van der Waals surface area contributed by atoms with Gasteiger partial charge < -0.3 is 5.73 Å². The number of halogens is 6. The fourth-order valence-corrected chi connectivity index (χ4v) is 2.23. The monoisotopic (exact) mass is 314 g/mol. The highest BCUT2D eigenvalue weighted by Gasteiger charge is 2.33. The summed E-state index contributed by atoms with van der Waals surface area (Å²) in [4.78, 5) is 3.43.